The van der Waals surface area contributed by atoms with Crippen LogP contribution in [0.3, 0.4) is 0 Å². The number of hydrogen-bond donors (Lipinski definition) is 1. The molecule has 0 saturated heterocycles. The molecule has 1 aliphatic rings. The molecule has 1 N–H and O–H groups in total. The van der Waals surface area contributed by atoms with Crippen molar-refractivity contribution in [2.24, 2.45) is 0 Å². The van der Waals surface area contributed by atoms with Crippen molar-refractivity contribution in [3.63, 3.8) is 0 Å². The van der Waals surface area contributed by atoms with E-state index < -0.39 is 11.6 Å². The van der Waals surface area contributed by atoms with Crippen LogP contribution < -0.4 is 0 Å². The van der Waals surface area contributed by atoms with Crippen LogP contribution >= 0.6 is 0 Å². The third-order valence-electron chi connectivity index (χ3n) is 2.59. The highest BCUT2D eigenvalue weighted by molar-refractivity contribution is 5.86. The molecule has 0 spiro atoms. The van der Waals surface area contributed by atoms with Crippen molar-refractivity contribution in [1.29, 1.82) is 0 Å². The average molecular weight is 255 g/mol. The minimum atomic E-state index is -0.860. The van der Waals surface area contributed by atoms with Crippen molar-refractivity contribution >= 4 is 12.1 Å². The van der Waals surface area contributed by atoms with Crippen LogP contribution in [0.2, 0.25) is 0 Å². The topological polar surface area (TPSA) is 66.8 Å². The van der Waals surface area contributed by atoms with E-state index in [0.29, 0.717) is 37.9 Å². The number of carboxylic acids is 1. The van der Waals surface area contributed by atoms with Gasteiger partial charge in [-0.05, 0) is 40.0 Å². The summed E-state index contributed by atoms with van der Waals surface area (Å²) in [6.07, 6.45) is 3.07. The first-order valence-electron chi connectivity index (χ1n) is 6.20. The Morgan fingerprint density at radius 2 is 2.00 bits per heavy atom. The summed E-state index contributed by atoms with van der Waals surface area (Å²) in [6, 6.07) is 0. The van der Waals surface area contributed by atoms with E-state index >= 15 is 0 Å². The van der Waals surface area contributed by atoms with Crippen LogP contribution in [0.5, 0.6) is 0 Å². The fourth-order valence-corrected chi connectivity index (χ4v) is 1.77. The number of aliphatic carboxylic acids is 1. The molecule has 0 bridgehead atoms. The summed E-state index contributed by atoms with van der Waals surface area (Å²) in [5, 5.41) is 8.91. The lowest BCUT2D eigenvalue weighted by Gasteiger charge is -2.28. The van der Waals surface area contributed by atoms with Gasteiger partial charge in [0.1, 0.15) is 5.60 Å². The van der Waals surface area contributed by atoms with Gasteiger partial charge in [0, 0.05) is 18.7 Å². The zero-order valence-corrected chi connectivity index (χ0v) is 11.2. The predicted octanol–water partition coefficient (Wildman–Crippen LogP) is 2.42. The molecule has 5 nitrogen and oxygen atoms in total. The molecule has 1 aliphatic heterocycles. The third kappa shape index (κ3) is 4.77. The molecule has 5 heteroatoms. The summed E-state index contributed by atoms with van der Waals surface area (Å²) in [5.74, 6) is -0.860. The van der Waals surface area contributed by atoms with Crippen LogP contribution in [0.4, 0.5) is 4.79 Å². The third-order valence-corrected chi connectivity index (χ3v) is 2.59. The maximum Gasteiger partial charge on any atom is 0.410 e. The van der Waals surface area contributed by atoms with Crippen LogP contribution in [0.15, 0.2) is 11.6 Å². The first-order chi connectivity index (χ1) is 8.29. The van der Waals surface area contributed by atoms with Crippen molar-refractivity contribution in [3.8, 4) is 0 Å². The van der Waals surface area contributed by atoms with E-state index in [1.807, 2.05) is 20.8 Å². The van der Waals surface area contributed by atoms with Gasteiger partial charge in [0.15, 0.2) is 0 Å². The van der Waals surface area contributed by atoms with Gasteiger partial charge < -0.3 is 14.7 Å². The summed E-state index contributed by atoms with van der Waals surface area (Å²) in [5.41, 5.74) is -0.0551. The van der Waals surface area contributed by atoms with Crippen LogP contribution in [0.25, 0.3) is 0 Å². The Kier molecular flexibility index (Phi) is 4.76. The highest BCUT2D eigenvalue weighted by Gasteiger charge is 2.22. The fourth-order valence-electron chi connectivity index (χ4n) is 1.77. The molecule has 0 aromatic rings. The number of carbonyl (C=O) groups is 2. The lowest BCUT2D eigenvalue weighted by Crippen LogP contribution is -2.38. The van der Waals surface area contributed by atoms with E-state index in [2.05, 4.69) is 0 Å². The molecule has 18 heavy (non-hydrogen) atoms. The summed E-state index contributed by atoms with van der Waals surface area (Å²) in [7, 11) is 0. The van der Waals surface area contributed by atoms with E-state index in [1.54, 1.807) is 11.0 Å². The van der Waals surface area contributed by atoms with Crippen LogP contribution in [-0.4, -0.2) is 40.8 Å². The minimum absolute atomic E-state index is 0.324. The smallest absolute Gasteiger partial charge is 0.410 e. The first-order valence-corrected chi connectivity index (χ1v) is 6.20. The molecular formula is C13H21NO4. The molecule has 0 aliphatic carbocycles. The van der Waals surface area contributed by atoms with Crippen molar-refractivity contribution in [2.75, 3.05) is 13.1 Å². The largest absolute Gasteiger partial charge is 0.478 e. The Morgan fingerprint density at radius 3 is 2.56 bits per heavy atom. The molecule has 0 aromatic heterocycles. The number of amides is 1. The Labute approximate surface area is 107 Å². The highest BCUT2D eigenvalue weighted by atomic mass is 16.6. The van der Waals surface area contributed by atoms with Crippen molar-refractivity contribution < 1.29 is 19.4 Å². The van der Waals surface area contributed by atoms with Gasteiger partial charge in [-0.25, -0.2) is 9.59 Å². The standard InChI is InChI=1S/C13H21NO4/c1-13(2,3)18-12(17)14-8-4-6-10(11(15)16)7-5-9-14/h6H,4-5,7-9H2,1-3H3,(H,15,16)/b10-6+. The van der Waals surface area contributed by atoms with E-state index in [0.717, 1.165) is 0 Å². The minimum Gasteiger partial charge on any atom is -0.478 e. The second kappa shape index (κ2) is 5.89. The molecule has 0 fully saturated rings. The molecule has 0 unspecified atom stereocenters. The summed E-state index contributed by atoms with van der Waals surface area (Å²) >= 11 is 0. The maximum atomic E-state index is 11.9. The predicted molar refractivity (Wildman–Crippen MR) is 67.4 cm³/mol. The fraction of sp³-hybridized carbons (Fsp3) is 0.692. The molecule has 0 radical (unpaired) electrons. The average Bonchev–Trinajstić information content (AvgIpc) is 2.12. The Bertz CT molecular complexity index is 354. The monoisotopic (exact) mass is 255 g/mol. The van der Waals surface area contributed by atoms with Crippen molar-refractivity contribution in [2.45, 2.75) is 45.6 Å². The summed E-state index contributed by atoms with van der Waals surface area (Å²) in [4.78, 5) is 24.3. The number of nitrogens with zero attached hydrogens (tertiary/aromatic N) is 1. The number of ether oxygens (including phenoxy) is 1. The normalized spacial score (nSPS) is 20.4. The maximum absolute atomic E-state index is 11.9. The van der Waals surface area contributed by atoms with Gasteiger partial charge >= 0.3 is 12.1 Å². The number of carbonyl (C=O) groups excluding carboxylic acids is 1. The van der Waals surface area contributed by atoms with E-state index in [1.165, 1.54) is 0 Å². The highest BCUT2D eigenvalue weighted by Crippen LogP contribution is 2.15. The lowest BCUT2D eigenvalue weighted by atomic mass is 10.1. The zero-order valence-electron chi connectivity index (χ0n) is 11.2. The second-order valence-corrected chi connectivity index (χ2v) is 5.39. The SMILES string of the molecule is CC(C)(C)OC(=O)N1CC/C=C(/C(=O)O)CCC1. The Hall–Kier alpha value is -1.52. The van der Waals surface area contributed by atoms with Gasteiger partial charge in [-0.1, -0.05) is 6.08 Å². The van der Waals surface area contributed by atoms with Crippen molar-refractivity contribution in [3.05, 3.63) is 11.6 Å². The summed E-state index contributed by atoms with van der Waals surface area (Å²) < 4.78 is 5.30. The molecule has 102 valence electrons. The number of carboxylic acid groups (broad SMARTS) is 1. The lowest BCUT2D eigenvalue weighted by molar-refractivity contribution is -0.132. The molecule has 1 rings (SSSR count). The number of rotatable bonds is 1. The van der Waals surface area contributed by atoms with Crippen LogP contribution in [0, 0.1) is 0 Å². The first kappa shape index (κ1) is 14.5. The molecule has 1 heterocycles. The zero-order chi connectivity index (χ0) is 13.8. The van der Waals surface area contributed by atoms with Gasteiger partial charge in [0.2, 0.25) is 0 Å². The van der Waals surface area contributed by atoms with Gasteiger partial charge in [-0.3, -0.25) is 0 Å². The van der Waals surface area contributed by atoms with E-state index in [9.17, 15) is 9.59 Å². The Balaban J connectivity index is 2.57. The second-order valence-electron chi connectivity index (χ2n) is 5.39. The summed E-state index contributed by atoms with van der Waals surface area (Å²) in [6.45, 7) is 6.54. The van der Waals surface area contributed by atoms with Gasteiger partial charge in [0.25, 0.3) is 0 Å². The quantitative estimate of drug-likeness (QED) is 0.781. The van der Waals surface area contributed by atoms with Gasteiger partial charge in [0.05, 0.1) is 0 Å². The molecule has 1 amide bonds. The molecule has 0 saturated carbocycles. The molecule has 0 atom stereocenters. The van der Waals surface area contributed by atoms with E-state index in [4.69, 9.17) is 9.84 Å². The van der Waals surface area contributed by atoms with Crippen LogP contribution in [-0.2, 0) is 9.53 Å². The van der Waals surface area contributed by atoms with Crippen molar-refractivity contribution in [1.82, 2.24) is 4.90 Å². The Morgan fingerprint density at radius 1 is 1.33 bits per heavy atom. The van der Waals surface area contributed by atoms with Gasteiger partial charge in [-0.2, -0.15) is 0 Å². The number of hydrogen-bond acceptors (Lipinski definition) is 3. The molecule has 0 aromatic carbocycles. The molecular weight excluding hydrogens is 234 g/mol. The van der Waals surface area contributed by atoms with Gasteiger partial charge in [-0.15, -0.1) is 0 Å². The van der Waals surface area contributed by atoms with E-state index in [-0.39, 0.29) is 6.09 Å². The van der Waals surface area contributed by atoms with Crippen LogP contribution in [0.1, 0.15) is 40.0 Å².